The summed E-state index contributed by atoms with van der Waals surface area (Å²) >= 11 is 0. The number of benzene rings is 2. The van der Waals surface area contributed by atoms with Gasteiger partial charge in [0.05, 0.1) is 6.54 Å². The van der Waals surface area contributed by atoms with Crippen LogP contribution in [0.1, 0.15) is 24.5 Å². The average molecular weight is 349 g/mol. The van der Waals surface area contributed by atoms with Gasteiger partial charge in [-0.25, -0.2) is 0 Å². The van der Waals surface area contributed by atoms with Crippen molar-refractivity contribution in [2.24, 2.45) is 0 Å². The van der Waals surface area contributed by atoms with Crippen LogP contribution in [0.4, 0.5) is 5.69 Å². The highest BCUT2D eigenvalue weighted by Crippen LogP contribution is 2.19. The largest absolute Gasteiger partial charge is 0.361 e. The van der Waals surface area contributed by atoms with Gasteiger partial charge in [-0.15, -0.1) is 0 Å². The van der Waals surface area contributed by atoms with Crippen LogP contribution in [0.25, 0.3) is 10.9 Å². The van der Waals surface area contributed by atoms with E-state index in [1.54, 1.807) is 0 Å². The van der Waals surface area contributed by atoms with Crippen molar-refractivity contribution in [1.82, 2.24) is 10.3 Å². The van der Waals surface area contributed by atoms with Crippen molar-refractivity contribution >= 4 is 28.4 Å². The predicted molar refractivity (Wildman–Crippen MR) is 104 cm³/mol. The van der Waals surface area contributed by atoms with E-state index < -0.39 is 0 Å². The smallest absolute Gasteiger partial charge is 0.243 e. The van der Waals surface area contributed by atoms with E-state index in [-0.39, 0.29) is 18.4 Å². The first-order valence-corrected chi connectivity index (χ1v) is 8.87. The van der Waals surface area contributed by atoms with Crippen LogP contribution in [0.5, 0.6) is 0 Å². The fourth-order valence-electron chi connectivity index (χ4n) is 3.00. The molecular weight excluding hydrogens is 326 g/mol. The van der Waals surface area contributed by atoms with Crippen LogP contribution in [-0.2, 0) is 22.4 Å². The van der Waals surface area contributed by atoms with E-state index in [0.29, 0.717) is 12.8 Å². The number of hydrogen-bond donors (Lipinski definition) is 3. The molecule has 0 aliphatic rings. The van der Waals surface area contributed by atoms with Gasteiger partial charge in [0, 0.05) is 29.2 Å². The third-order valence-corrected chi connectivity index (χ3v) is 4.41. The Labute approximate surface area is 152 Å². The molecule has 0 saturated heterocycles. The van der Waals surface area contributed by atoms with Crippen LogP contribution in [0.15, 0.2) is 54.7 Å². The van der Waals surface area contributed by atoms with Crippen LogP contribution in [-0.4, -0.2) is 23.3 Å². The zero-order valence-electron chi connectivity index (χ0n) is 14.8. The second-order valence-corrected chi connectivity index (χ2v) is 6.20. The van der Waals surface area contributed by atoms with Crippen LogP contribution >= 0.6 is 0 Å². The molecule has 1 aromatic heterocycles. The molecule has 0 aliphatic carbocycles. The minimum Gasteiger partial charge on any atom is -0.361 e. The summed E-state index contributed by atoms with van der Waals surface area (Å²) in [6.07, 6.45) is 3.76. The number of para-hydroxylation sites is 2. The van der Waals surface area contributed by atoms with Crippen LogP contribution in [0, 0.1) is 0 Å². The van der Waals surface area contributed by atoms with E-state index in [4.69, 9.17) is 0 Å². The Hall–Kier alpha value is -3.08. The highest BCUT2D eigenvalue weighted by atomic mass is 16.2. The van der Waals surface area contributed by atoms with Crippen LogP contribution in [0.3, 0.4) is 0 Å². The molecular formula is C21H23N3O2. The summed E-state index contributed by atoms with van der Waals surface area (Å²) in [6, 6.07) is 15.7. The maximum absolute atomic E-state index is 12.1. The molecule has 5 heteroatoms. The van der Waals surface area contributed by atoms with Gasteiger partial charge in [0.25, 0.3) is 0 Å². The Morgan fingerprint density at radius 2 is 1.73 bits per heavy atom. The maximum Gasteiger partial charge on any atom is 0.243 e. The fourth-order valence-corrected chi connectivity index (χ4v) is 3.00. The molecule has 0 bridgehead atoms. The molecule has 0 saturated carbocycles. The molecule has 0 atom stereocenters. The number of carbonyl (C=O) groups is 2. The normalized spacial score (nSPS) is 10.7. The molecule has 134 valence electrons. The zero-order valence-corrected chi connectivity index (χ0v) is 14.8. The van der Waals surface area contributed by atoms with E-state index in [0.717, 1.165) is 34.1 Å². The summed E-state index contributed by atoms with van der Waals surface area (Å²) in [4.78, 5) is 27.3. The Morgan fingerprint density at radius 3 is 2.58 bits per heavy atom. The first-order chi connectivity index (χ1) is 12.7. The Balaban J connectivity index is 1.47. The first-order valence-electron chi connectivity index (χ1n) is 8.87. The molecule has 2 amide bonds. The second-order valence-electron chi connectivity index (χ2n) is 6.20. The minimum atomic E-state index is -0.216. The summed E-state index contributed by atoms with van der Waals surface area (Å²) in [5.41, 5.74) is 4.05. The standard InChI is InChI=1S/C21H23N3O2/c1-2-15-7-3-5-9-18(15)24-21(26)14-23-20(25)12-11-16-13-22-19-10-6-4-8-17(16)19/h3-10,13,22H,2,11-12,14H2,1H3,(H,23,25)(H,24,26). The van der Waals surface area contributed by atoms with E-state index >= 15 is 0 Å². The summed E-state index contributed by atoms with van der Waals surface area (Å²) in [5.74, 6) is -0.347. The van der Waals surface area contributed by atoms with Crippen molar-refractivity contribution in [1.29, 1.82) is 0 Å². The number of nitrogens with one attached hydrogen (secondary N) is 3. The van der Waals surface area contributed by atoms with Crippen molar-refractivity contribution in [3.05, 3.63) is 65.9 Å². The third kappa shape index (κ3) is 4.30. The van der Waals surface area contributed by atoms with Gasteiger partial charge in [-0.1, -0.05) is 43.3 Å². The molecule has 5 nitrogen and oxygen atoms in total. The van der Waals surface area contributed by atoms with Gasteiger partial charge in [-0.2, -0.15) is 0 Å². The van der Waals surface area contributed by atoms with Gasteiger partial charge in [0.15, 0.2) is 0 Å². The molecule has 3 rings (SSSR count). The van der Waals surface area contributed by atoms with Crippen molar-refractivity contribution in [2.75, 3.05) is 11.9 Å². The molecule has 3 aromatic rings. The molecule has 0 radical (unpaired) electrons. The molecule has 0 spiro atoms. The quantitative estimate of drug-likeness (QED) is 0.611. The summed E-state index contributed by atoms with van der Waals surface area (Å²) in [6.45, 7) is 2.02. The molecule has 1 heterocycles. The number of carbonyl (C=O) groups excluding carboxylic acids is 2. The van der Waals surface area contributed by atoms with E-state index in [1.165, 1.54) is 0 Å². The predicted octanol–water partition coefficient (Wildman–Crippen LogP) is 3.42. The third-order valence-electron chi connectivity index (χ3n) is 4.41. The Bertz CT molecular complexity index is 914. The Morgan fingerprint density at radius 1 is 0.962 bits per heavy atom. The molecule has 3 N–H and O–H groups in total. The number of aromatic nitrogens is 1. The fraction of sp³-hybridized carbons (Fsp3) is 0.238. The van der Waals surface area contributed by atoms with Gasteiger partial charge in [0.2, 0.25) is 11.8 Å². The van der Waals surface area contributed by atoms with Gasteiger partial charge < -0.3 is 15.6 Å². The van der Waals surface area contributed by atoms with Crippen molar-refractivity contribution in [2.45, 2.75) is 26.2 Å². The van der Waals surface area contributed by atoms with Crippen LogP contribution < -0.4 is 10.6 Å². The summed E-state index contributed by atoms with van der Waals surface area (Å²) in [7, 11) is 0. The van der Waals surface area contributed by atoms with E-state index in [1.807, 2.05) is 61.7 Å². The van der Waals surface area contributed by atoms with E-state index in [9.17, 15) is 9.59 Å². The number of aryl methyl sites for hydroxylation is 2. The van der Waals surface area contributed by atoms with Crippen LogP contribution in [0.2, 0.25) is 0 Å². The molecule has 26 heavy (non-hydrogen) atoms. The number of amides is 2. The first kappa shape index (κ1) is 17.7. The van der Waals surface area contributed by atoms with Gasteiger partial charge in [0.1, 0.15) is 0 Å². The lowest BCUT2D eigenvalue weighted by atomic mass is 10.1. The number of anilines is 1. The van der Waals surface area contributed by atoms with Crippen molar-refractivity contribution < 1.29 is 9.59 Å². The SMILES string of the molecule is CCc1ccccc1NC(=O)CNC(=O)CCc1c[nH]c2ccccc12. The number of H-pyrrole nitrogens is 1. The number of fused-ring (bicyclic) bond motifs is 1. The number of aromatic amines is 1. The van der Waals surface area contributed by atoms with Crippen molar-refractivity contribution in [3.63, 3.8) is 0 Å². The highest BCUT2D eigenvalue weighted by Gasteiger charge is 2.09. The Kier molecular flexibility index (Phi) is 5.69. The average Bonchev–Trinajstić information content (AvgIpc) is 3.08. The molecule has 2 aromatic carbocycles. The lowest BCUT2D eigenvalue weighted by Crippen LogP contribution is -2.33. The topological polar surface area (TPSA) is 74.0 Å². The second kappa shape index (κ2) is 8.34. The molecule has 0 unspecified atom stereocenters. The van der Waals surface area contributed by atoms with Crippen molar-refractivity contribution in [3.8, 4) is 0 Å². The van der Waals surface area contributed by atoms with Gasteiger partial charge >= 0.3 is 0 Å². The van der Waals surface area contributed by atoms with Gasteiger partial charge in [-0.05, 0) is 36.1 Å². The zero-order chi connectivity index (χ0) is 18.4. The number of hydrogen-bond acceptors (Lipinski definition) is 2. The molecule has 0 fully saturated rings. The monoisotopic (exact) mass is 349 g/mol. The summed E-state index contributed by atoms with van der Waals surface area (Å²) in [5, 5.41) is 6.68. The summed E-state index contributed by atoms with van der Waals surface area (Å²) < 4.78 is 0. The highest BCUT2D eigenvalue weighted by molar-refractivity contribution is 5.95. The minimum absolute atomic E-state index is 0.0230. The maximum atomic E-state index is 12.1. The van der Waals surface area contributed by atoms with E-state index in [2.05, 4.69) is 15.6 Å². The lowest BCUT2D eigenvalue weighted by Gasteiger charge is -2.10. The van der Waals surface area contributed by atoms with Gasteiger partial charge in [-0.3, -0.25) is 9.59 Å². The molecule has 0 aliphatic heterocycles. The lowest BCUT2D eigenvalue weighted by molar-refractivity contribution is -0.124. The number of rotatable bonds is 7.